The molecule has 3 aliphatic rings. The average Bonchev–Trinajstić information content (AvgIpc) is 3.05. The van der Waals surface area contributed by atoms with Crippen LogP contribution in [-0.4, -0.2) is 0 Å². The molecule has 0 saturated heterocycles. The van der Waals surface area contributed by atoms with Crippen molar-refractivity contribution in [1.82, 2.24) is 0 Å². The highest BCUT2D eigenvalue weighted by atomic mass is 14.4. The molecule has 0 aromatic carbocycles. The quantitative estimate of drug-likeness (QED) is 0.401. The van der Waals surface area contributed by atoms with Crippen molar-refractivity contribution in [2.75, 3.05) is 0 Å². The van der Waals surface area contributed by atoms with E-state index in [1.807, 2.05) is 0 Å². The van der Waals surface area contributed by atoms with Crippen LogP contribution in [0.15, 0.2) is 77.1 Å². The number of hydrogen-bond donors (Lipinski definition) is 0. The Bertz CT molecular complexity index is 729. The summed E-state index contributed by atoms with van der Waals surface area (Å²) in [6, 6.07) is 0. The van der Waals surface area contributed by atoms with Crippen LogP contribution < -0.4 is 0 Å². The van der Waals surface area contributed by atoms with Crippen LogP contribution >= 0.6 is 0 Å². The van der Waals surface area contributed by atoms with Gasteiger partial charge in [0.1, 0.15) is 12.3 Å². The van der Waals surface area contributed by atoms with Crippen LogP contribution in [0.25, 0.3) is 0 Å². The maximum atomic E-state index is 3.49. The van der Waals surface area contributed by atoms with E-state index in [4.69, 9.17) is 0 Å². The van der Waals surface area contributed by atoms with Gasteiger partial charge in [0, 0.05) is 11.0 Å². The Balaban J connectivity index is 1.99. The lowest BCUT2D eigenvalue weighted by molar-refractivity contribution is 0.234. The molecule has 0 N–H and O–H groups in total. The van der Waals surface area contributed by atoms with E-state index in [1.165, 1.54) is 16.7 Å². The Morgan fingerprint density at radius 3 is 2.17 bits per heavy atom. The van der Waals surface area contributed by atoms with Gasteiger partial charge in [0.15, 0.2) is 5.41 Å². The molecular formula is C24H29+. The van der Waals surface area contributed by atoms with Crippen molar-refractivity contribution < 1.29 is 0 Å². The van der Waals surface area contributed by atoms with Crippen molar-refractivity contribution in [2.24, 2.45) is 22.2 Å². The molecule has 1 unspecified atom stereocenters. The first-order chi connectivity index (χ1) is 11.1. The van der Waals surface area contributed by atoms with Crippen LogP contribution in [0.5, 0.6) is 0 Å². The molecule has 0 saturated carbocycles. The largest absolute Gasteiger partial charge is 0.150 e. The molecule has 3 rings (SSSR count). The number of hydrogen-bond acceptors (Lipinski definition) is 0. The molecule has 0 heterocycles. The molecular weight excluding hydrogens is 288 g/mol. The summed E-state index contributed by atoms with van der Waals surface area (Å²) < 4.78 is 0. The van der Waals surface area contributed by atoms with Gasteiger partial charge in [-0.3, -0.25) is 0 Å². The third-order valence-corrected chi connectivity index (χ3v) is 5.31. The number of rotatable bonds is 2. The maximum absolute atomic E-state index is 3.49. The van der Waals surface area contributed by atoms with Gasteiger partial charge < -0.3 is 0 Å². The van der Waals surface area contributed by atoms with Crippen LogP contribution in [0.2, 0.25) is 0 Å². The molecule has 124 valence electrons. The normalized spacial score (nSPS) is 26.2. The molecule has 0 radical (unpaired) electrons. The van der Waals surface area contributed by atoms with Gasteiger partial charge in [-0.05, 0) is 46.9 Å². The Morgan fingerprint density at radius 2 is 1.58 bits per heavy atom. The maximum Gasteiger partial charge on any atom is 0.150 e. The van der Waals surface area contributed by atoms with Crippen molar-refractivity contribution >= 4 is 0 Å². The summed E-state index contributed by atoms with van der Waals surface area (Å²) in [5, 5.41) is 0. The summed E-state index contributed by atoms with van der Waals surface area (Å²) in [6.07, 6.45) is 22.8. The van der Waals surface area contributed by atoms with E-state index in [0.29, 0.717) is 5.92 Å². The van der Waals surface area contributed by atoms with Gasteiger partial charge in [0.25, 0.3) is 0 Å². The first kappa shape index (κ1) is 16.9. The monoisotopic (exact) mass is 317 g/mol. The van der Waals surface area contributed by atoms with E-state index in [0.717, 1.165) is 0 Å². The van der Waals surface area contributed by atoms with Crippen molar-refractivity contribution in [3.8, 4) is 0 Å². The summed E-state index contributed by atoms with van der Waals surface area (Å²) in [7, 11) is 0. The minimum atomic E-state index is -0.0716. The van der Waals surface area contributed by atoms with E-state index in [2.05, 4.69) is 108 Å². The predicted molar refractivity (Wildman–Crippen MR) is 104 cm³/mol. The Kier molecular flexibility index (Phi) is 3.93. The molecule has 0 aromatic heterocycles. The second-order valence-electron chi connectivity index (χ2n) is 9.15. The summed E-state index contributed by atoms with van der Waals surface area (Å²) in [5.41, 5.74) is 7.56. The van der Waals surface area contributed by atoms with Gasteiger partial charge >= 0.3 is 0 Å². The first-order valence-corrected chi connectivity index (χ1v) is 8.94. The molecule has 0 aromatic rings. The zero-order valence-electron chi connectivity index (χ0n) is 15.9. The Hall–Kier alpha value is -1.91. The van der Waals surface area contributed by atoms with E-state index >= 15 is 0 Å². The third-order valence-electron chi connectivity index (χ3n) is 5.31. The standard InChI is InChI=1S/C24H29/c1-22(2,3)21-12-11-19-13-15-24(23(4,5)6,16-14-20(19)21)17-18-9-7-8-10-18/h7-11,13-18H,1-6H3/q+1. The molecule has 1 atom stereocenters. The van der Waals surface area contributed by atoms with Crippen molar-refractivity contribution in [3.05, 3.63) is 83.6 Å². The minimum absolute atomic E-state index is 0.0716. The van der Waals surface area contributed by atoms with Gasteiger partial charge in [-0.15, -0.1) is 5.73 Å². The molecule has 0 spiro atoms. The van der Waals surface area contributed by atoms with E-state index < -0.39 is 0 Å². The molecule has 24 heavy (non-hydrogen) atoms. The van der Waals surface area contributed by atoms with Crippen LogP contribution in [0.1, 0.15) is 41.5 Å². The van der Waals surface area contributed by atoms with Crippen LogP contribution in [0.3, 0.4) is 0 Å². The fourth-order valence-electron chi connectivity index (χ4n) is 3.63. The van der Waals surface area contributed by atoms with E-state index in [-0.39, 0.29) is 16.2 Å². The van der Waals surface area contributed by atoms with Crippen LogP contribution in [0.4, 0.5) is 0 Å². The fourth-order valence-corrected chi connectivity index (χ4v) is 3.63. The topological polar surface area (TPSA) is 0 Å². The predicted octanol–water partition coefficient (Wildman–Crippen LogP) is 6.53. The van der Waals surface area contributed by atoms with Crippen molar-refractivity contribution in [2.45, 2.75) is 41.5 Å². The first-order valence-electron chi connectivity index (χ1n) is 8.94. The minimum Gasteiger partial charge on any atom is -0.115 e. The Labute approximate surface area is 147 Å². The molecule has 0 bridgehead atoms. The third kappa shape index (κ3) is 2.92. The average molecular weight is 317 g/mol. The molecule has 3 aliphatic carbocycles. The summed E-state index contributed by atoms with van der Waals surface area (Å²) in [4.78, 5) is 0. The molecule has 0 fully saturated rings. The molecule has 0 amide bonds. The lowest BCUT2D eigenvalue weighted by Gasteiger charge is -2.34. The SMILES string of the molecule is CC(C)(C)C1=C=CC2=C1C=CC([CH+]C1C=CC=C1)(C(C)(C)C)C=C2. The number of allylic oxidation sites excluding steroid dienone is 11. The lowest BCUT2D eigenvalue weighted by atomic mass is 9.62. The highest BCUT2D eigenvalue weighted by molar-refractivity contribution is 5.60. The fraction of sp³-hybridized carbons (Fsp3) is 0.417. The highest BCUT2D eigenvalue weighted by Gasteiger charge is 2.47. The smallest absolute Gasteiger partial charge is 0.115 e. The summed E-state index contributed by atoms with van der Waals surface area (Å²) in [6.45, 7) is 13.8. The zero-order valence-corrected chi connectivity index (χ0v) is 15.9. The van der Waals surface area contributed by atoms with Crippen molar-refractivity contribution in [3.63, 3.8) is 0 Å². The van der Waals surface area contributed by atoms with Gasteiger partial charge in [-0.1, -0.05) is 65.8 Å². The van der Waals surface area contributed by atoms with Crippen LogP contribution in [-0.2, 0) is 0 Å². The van der Waals surface area contributed by atoms with E-state index in [1.54, 1.807) is 0 Å². The second kappa shape index (κ2) is 5.57. The zero-order chi connectivity index (χ0) is 17.6. The Morgan fingerprint density at radius 1 is 0.958 bits per heavy atom. The molecule has 0 nitrogen and oxygen atoms in total. The van der Waals surface area contributed by atoms with E-state index in [9.17, 15) is 0 Å². The van der Waals surface area contributed by atoms with Gasteiger partial charge in [-0.25, -0.2) is 0 Å². The summed E-state index contributed by atoms with van der Waals surface area (Å²) in [5.74, 6) is 0.402. The molecule has 0 heteroatoms. The van der Waals surface area contributed by atoms with Gasteiger partial charge in [-0.2, -0.15) is 0 Å². The second-order valence-corrected chi connectivity index (χ2v) is 9.15. The highest BCUT2D eigenvalue weighted by Crippen LogP contribution is 2.49. The van der Waals surface area contributed by atoms with Gasteiger partial charge in [0.05, 0.1) is 0 Å². The lowest BCUT2D eigenvalue weighted by Crippen LogP contribution is -2.34. The van der Waals surface area contributed by atoms with Crippen LogP contribution in [0, 0.1) is 28.6 Å². The van der Waals surface area contributed by atoms with Gasteiger partial charge in [0.2, 0.25) is 0 Å². The molecule has 0 aliphatic heterocycles. The summed E-state index contributed by atoms with van der Waals surface area (Å²) >= 11 is 0. The van der Waals surface area contributed by atoms with Crippen molar-refractivity contribution in [1.29, 1.82) is 0 Å².